The predicted molar refractivity (Wildman–Crippen MR) is 129 cm³/mol. The van der Waals surface area contributed by atoms with Crippen LogP contribution in [-0.4, -0.2) is 21.5 Å². The first-order chi connectivity index (χ1) is 15.2. The zero-order valence-corrected chi connectivity index (χ0v) is 19.6. The van der Waals surface area contributed by atoms with E-state index in [9.17, 15) is 4.79 Å². The fourth-order valence-corrected chi connectivity index (χ4v) is 2.71. The number of ether oxygens (including phenoxy) is 1. The van der Waals surface area contributed by atoms with Gasteiger partial charge in [0.15, 0.2) is 0 Å². The van der Waals surface area contributed by atoms with Crippen molar-refractivity contribution in [2.45, 2.75) is 54.9 Å². The summed E-state index contributed by atoms with van der Waals surface area (Å²) in [6.45, 7) is 13.8. The molecule has 1 aromatic heterocycles. The van der Waals surface area contributed by atoms with Gasteiger partial charge in [-0.05, 0) is 42.8 Å². The van der Waals surface area contributed by atoms with Crippen molar-refractivity contribution < 1.29 is 9.53 Å². The third-order valence-corrected chi connectivity index (χ3v) is 4.03. The molecule has 31 heavy (non-hydrogen) atoms. The average Bonchev–Trinajstić information content (AvgIpc) is 3.29. The van der Waals surface area contributed by atoms with Gasteiger partial charge in [0.1, 0.15) is 5.75 Å². The van der Waals surface area contributed by atoms with Gasteiger partial charge in [-0.25, -0.2) is 9.98 Å². The number of aryl methyl sites for hydroxylation is 1. The van der Waals surface area contributed by atoms with Crippen molar-refractivity contribution in [3.8, 4) is 11.6 Å². The van der Waals surface area contributed by atoms with Gasteiger partial charge < -0.3 is 4.74 Å². The minimum atomic E-state index is -0.0570. The molecule has 0 spiro atoms. The lowest BCUT2D eigenvalue weighted by atomic mass is 10.0. The third-order valence-electron chi connectivity index (χ3n) is 4.03. The van der Waals surface area contributed by atoms with Gasteiger partial charge in [-0.15, -0.1) is 0 Å². The number of carbonyl (C=O) groups is 1. The van der Waals surface area contributed by atoms with Crippen LogP contribution in [0.15, 0.2) is 65.9 Å². The van der Waals surface area contributed by atoms with E-state index in [2.05, 4.69) is 15.0 Å². The highest BCUT2D eigenvalue weighted by Gasteiger charge is 2.21. The molecule has 0 saturated carbocycles. The van der Waals surface area contributed by atoms with Crippen LogP contribution in [0.4, 0.5) is 5.69 Å². The van der Waals surface area contributed by atoms with E-state index in [0.717, 1.165) is 11.3 Å². The topological polar surface area (TPSA) is 64.4 Å². The predicted octanol–water partition coefficient (Wildman–Crippen LogP) is 7.17. The second-order valence-corrected chi connectivity index (χ2v) is 5.77. The Morgan fingerprint density at radius 3 is 2.06 bits per heavy atom. The van der Waals surface area contributed by atoms with Crippen LogP contribution in [0.25, 0.3) is 0 Å². The number of para-hydroxylation sites is 1. The highest BCUT2D eigenvalue weighted by Crippen LogP contribution is 2.28. The summed E-state index contributed by atoms with van der Waals surface area (Å²) in [6.07, 6.45) is 3.77. The van der Waals surface area contributed by atoms with Crippen LogP contribution in [-0.2, 0) is 6.42 Å². The monoisotopic (exact) mass is 419 g/mol. The van der Waals surface area contributed by atoms with Gasteiger partial charge >= 0.3 is 0 Å². The van der Waals surface area contributed by atoms with Crippen LogP contribution < -0.4 is 4.74 Å². The second kappa shape index (κ2) is 13.8. The van der Waals surface area contributed by atoms with Gasteiger partial charge in [0.2, 0.25) is 11.7 Å². The largest absolute Gasteiger partial charge is 0.437 e. The summed E-state index contributed by atoms with van der Waals surface area (Å²) >= 11 is 0. The molecule has 0 unspecified atom stereocenters. The first kappa shape index (κ1) is 25.7. The van der Waals surface area contributed by atoms with Crippen molar-refractivity contribution in [2.24, 2.45) is 4.99 Å². The average molecular weight is 420 g/mol. The Kier molecular flexibility index (Phi) is 11.4. The molecule has 164 valence electrons. The molecule has 0 atom stereocenters. The first-order valence-electron chi connectivity index (χ1n) is 11.0. The zero-order chi connectivity index (χ0) is 23.2. The molecule has 0 saturated heterocycles. The number of aliphatic imine (C=N–C) groups is 1. The number of carbonyl (C=O) groups excluding carboxylic acids is 1. The molecule has 1 aliphatic heterocycles. The molecule has 0 fully saturated rings. The van der Waals surface area contributed by atoms with Crippen molar-refractivity contribution in [3.63, 3.8) is 0 Å². The zero-order valence-electron chi connectivity index (χ0n) is 19.6. The van der Waals surface area contributed by atoms with Crippen LogP contribution in [0.2, 0.25) is 0 Å². The lowest BCUT2D eigenvalue weighted by Gasteiger charge is -2.07. The summed E-state index contributed by atoms with van der Waals surface area (Å²) < 4.78 is 5.70. The Labute approximate surface area is 186 Å². The quantitative estimate of drug-likeness (QED) is 0.421. The molecule has 0 bridgehead atoms. The van der Waals surface area contributed by atoms with Crippen LogP contribution in [0.1, 0.15) is 63.2 Å². The van der Waals surface area contributed by atoms with Crippen molar-refractivity contribution >= 4 is 17.2 Å². The number of Topliss-reactive ketones (excluding diaryl/α,β-unsaturated/α-hetero) is 1. The summed E-state index contributed by atoms with van der Waals surface area (Å²) in [5, 5.41) is 0. The summed E-state index contributed by atoms with van der Waals surface area (Å²) in [6, 6.07) is 14.8. The maximum Gasteiger partial charge on any atom is 0.240 e. The molecule has 0 N–H and O–H groups in total. The summed E-state index contributed by atoms with van der Waals surface area (Å²) in [5.74, 6) is 1.01. The van der Waals surface area contributed by atoms with E-state index >= 15 is 0 Å². The van der Waals surface area contributed by atoms with E-state index in [-0.39, 0.29) is 5.78 Å². The maximum absolute atomic E-state index is 12.6. The molecule has 2 heterocycles. The second-order valence-electron chi connectivity index (χ2n) is 5.77. The Hall–Kier alpha value is -3.34. The standard InChI is InChI=1S/C20H15N3O2.3C2H6/c1-13-20(22-11-10-21-13)25-16-8-6-14(7-9-16)19(24)18-12-15-4-2-3-5-17(15)23-18;3*1-2/h2-11H,12H2,1H3;3*1-2H3. The van der Waals surface area contributed by atoms with Gasteiger partial charge in [-0.2, -0.15) is 0 Å². The number of benzene rings is 2. The Bertz CT molecular complexity index is 980. The van der Waals surface area contributed by atoms with Gasteiger partial charge in [0.05, 0.1) is 17.1 Å². The first-order valence-corrected chi connectivity index (χ1v) is 11.0. The Morgan fingerprint density at radius 1 is 0.839 bits per heavy atom. The van der Waals surface area contributed by atoms with Crippen LogP contribution in [0.5, 0.6) is 11.6 Å². The summed E-state index contributed by atoms with van der Waals surface area (Å²) in [7, 11) is 0. The molecule has 0 aliphatic carbocycles. The maximum atomic E-state index is 12.6. The molecule has 1 aliphatic rings. The summed E-state index contributed by atoms with van der Waals surface area (Å²) in [4.78, 5) is 25.4. The lowest BCUT2D eigenvalue weighted by Crippen LogP contribution is -2.14. The van der Waals surface area contributed by atoms with E-state index in [0.29, 0.717) is 35.0 Å². The van der Waals surface area contributed by atoms with Gasteiger partial charge in [0, 0.05) is 24.4 Å². The van der Waals surface area contributed by atoms with E-state index < -0.39 is 0 Å². The van der Waals surface area contributed by atoms with Crippen molar-refractivity contribution in [3.05, 3.63) is 77.7 Å². The molecule has 0 radical (unpaired) electrons. The lowest BCUT2D eigenvalue weighted by molar-refractivity contribution is 0.106. The fourth-order valence-electron chi connectivity index (χ4n) is 2.71. The fraction of sp³-hybridized carbons (Fsp3) is 0.308. The van der Waals surface area contributed by atoms with Crippen LogP contribution in [0.3, 0.4) is 0 Å². The minimum Gasteiger partial charge on any atom is -0.437 e. The molecule has 0 amide bonds. The van der Waals surface area contributed by atoms with Crippen molar-refractivity contribution in [1.29, 1.82) is 0 Å². The molecule has 5 nitrogen and oxygen atoms in total. The molecule has 4 rings (SSSR count). The van der Waals surface area contributed by atoms with Crippen molar-refractivity contribution in [1.82, 2.24) is 9.97 Å². The number of ketones is 1. The Balaban J connectivity index is 0.000000739. The normalized spacial score (nSPS) is 10.6. The molecule has 5 heteroatoms. The smallest absolute Gasteiger partial charge is 0.240 e. The molecule has 2 aromatic carbocycles. The summed E-state index contributed by atoms with van der Waals surface area (Å²) in [5.41, 5.74) is 3.84. The third kappa shape index (κ3) is 6.85. The molecule has 3 aromatic rings. The SMILES string of the molecule is CC.CC.CC.Cc1nccnc1Oc1ccc(C(=O)C2=Nc3ccccc3C2)cc1. The number of nitrogens with zero attached hydrogens (tertiary/aromatic N) is 3. The van der Waals surface area contributed by atoms with Gasteiger partial charge in [0.25, 0.3) is 0 Å². The molecular weight excluding hydrogens is 386 g/mol. The van der Waals surface area contributed by atoms with Gasteiger partial charge in [-0.1, -0.05) is 59.7 Å². The molecular formula is C26H33N3O2. The number of aromatic nitrogens is 2. The number of hydrogen-bond donors (Lipinski definition) is 0. The highest BCUT2D eigenvalue weighted by molar-refractivity contribution is 6.47. The number of fused-ring (bicyclic) bond motifs is 1. The van der Waals surface area contributed by atoms with Crippen LogP contribution >= 0.6 is 0 Å². The Morgan fingerprint density at radius 2 is 1.45 bits per heavy atom. The number of rotatable bonds is 4. The van der Waals surface area contributed by atoms with Gasteiger partial charge in [-0.3, -0.25) is 9.78 Å². The van der Waals surface area contributed by atoms with Crippen LogP contribution in [0, 0.1) is 6.92 Å². The van der Waals surface area contributed by atoms with E-state index in [4.69, 9.17) is 4.74 Å². The highest BCUT2D eigenvalue weighted by atomic mass is 16.5. The number of hydrogen-bond acceptors (Lipinski definition) is 5. The minimum absolute atomic E-state index is 0.0570. The van der Waals surface area contributed by atoms with E-state index in [1.54, 1.807) is 36.7 Å². The van der Waals surface area contributed by atoms with E-state index in [1.807, 2.05) is 72.7 Å². The van der Waals surface area contributed by atoms with Crippen molar-refractivity contribution in [2.75, 3.05) is 0 Å². The van der Waals surface area contributed by atoms with E-state index in [1.165, 1.54) is 0 Å².